The van der Waals surface area contributed by atoms with Crippen molar-refractivity contribution in [1.82, 2.24) is 15.1 Å². The largest absolute Gasteiger partial charge is 0.480 e. The van der Waals surface area contributed by atoms with E-state index in [0.29, 0.717) is 6.42 Å². The van der Waals surface area contributed by atoms with Crippen LogP contribution in [0.2, 0.25) is 0 Å². The topological polar surface area (TPSA) is 93.5 Å². The number of carboxylic acid groups (broad SMARTS) is 1. The first-order valence-electron chi connectivity index (χ1n) is 7.70. The molecule has 0 saturated carbocycles. The molecule has 1 amide bonds. The number of para-hydroxylation sites is 1. The van der Waals surface area contributed by atoms with E-state index in [4.69, 9.17) is 9.84 Å². The number of hydrogen-bond acceptors (Lipinski definition) is 4. The van der Waals surface area contributed by atoms with Crippen LogP contribution in [0.15, 0.2) is 42.7 Å². The highest BCUT2D eigenvalue weighted by molar-refractivity contribution is 5.83. The predicted octanol–water partition coefficient (Wildman–Crippen LogP) is 1.41. The minimum Gasteiger partial charge on any atom is -0.480 e. The number of methoxy groups -OCH3 is 1. The highest BCUT2D eigenvalue weighted by Crippen LogP contribution is 2.09. The number of benzene rings is 1. The Balaban J connectivity index is 1.85. The lowest BCUT2D eigenvalue weighted by Gasteiger charge is -2.13. The third-order valence-corrected chi connectivity index (χ3v) is 3.54. The fourth-order valence-corrected chi connectivity index (χ4v) is 2.23. The molecular weight excluding hydrogens is 310 g/mol. The van der Waals surface area contributed by atoms with Crippen LogP contribution in [0.25, 0.3) is 5.69 Å². The van der Waals surface area contributed by atoms with Gasteiger partial charge < -0.3 is 15.2 Å². The fourth-order valence-electron chi connectivity index (χ4n) is 2.23. The fraction of sp³-hybridized carbons (Fsp3) is 0.353. The van der Waals surface area contributed by atoms with Crippen LogP contribution < -0.4 is 5.32 Å². The average Bonchev–Trinajstić information content (AvgIpc) is 3.06. The normalized spacial score (nSPS) is 11.9. The summed E-state index contributed by atoms with van der Waals surface area (Å²) in [7, 11) is 1.49. The highest BCUT2D eigenvalue weighted by Gasteiger charge is 2.19. The monoisotopic (exact) mass is 331 g/mol. The van der Waals surface area contributed by atoms with E-state index < -0.39 is 12.0 Å². The molecular formula is C17H21N3O4. The van der Waals surface area contributed by atoms with Gasteiger partial charge in [-0.1, -0.05) is 18.2 Å². The smallest absolute Gasteiger partial charge is 0.326 e. The molecule has 0 spiro atoms. The number of hydrogen-bond donors (Lipinski definition) is 2. The van der Waals surface area contributed by atoms with E-state index in [2.05, 4.69) is 10.4 Å². The van der Waals surface area contributed by atoms with Gasteiger partial charge in [0.05, 0.1) is 11.9 Å². The van der Waals surface area contributed by atoms with Crippen LogP contribution in [-0.4, -0.2) is 46.5 Å². The van der Waals surface area contributed by atoms with Crippen molar-refractivity contribution in [2.75, 3.05) is 13.7 Å². The summed E-state index contributed by atoms with van der Waals surface area (Å²) in [5.74, 6) is -1.36. The summed E-state index contributed by atoms with van der Waals surface area (Å²) in [6.07, 6.45) is 4.51. The minimum absolute atomic E-state index is 0.206. The van der Waals surface area contributed by atoms with Crippen molar-refractivity contribution >= 4 is 11.9 Å². The summed E-state index contributed by atoms with van der Waals surface area (Å²) >= 11 is 0. The molecule has 0 aliphatic rings. The summed E-state index contributed by atoms with van der Waals surface area (Å²) in [5, 5.41) is 15.9. The summed E-state index contributed by atoms with van der Waals surface area (Å²) in [4.78, 5) is 23.0. The van der Waals surface area contributed by atoms with E-state index in [1.54, 1.807) is 10.9 Å². The summed E-state index contributed by atoms with van der Waals surface area (Å²) in [6.45, 7) is 0.279. The van der Waals surface area contributed by atoms with E-state index in [9.17, 15) is 9.59 Å². The third kappa shape index (κ3) is 5.20. The molecule has 0 aliphatic carbocycles. The van der Waals surface area contributed by atoms with Crippen LogP contribution in [0.5, 0.6) is 0 Å². The number of aliphatic carboxylic acids is 1. The van der Waals surface area contributed by atoms with Crippen molar-refractivity contribution in [1.29, 1.82) is 0 Å². The van der Waals surface area contributed by atoms with Gasteiger partial charge in [-0.2, -0.15) is 5.10 Å². The SMILES string of the molecule is COCCC(NC(=O)CCc1cnn(-c2ccccc2)c1)C(=O)O. The quantitative estimate of drug-likeness (QED) is 0.725. The lowest BCUT2D eigenvalue weighted by atomic mass is 10.1. The number of aryl methyl sites for hydroxylation is 1. The number of nitrogens with zero attached hydrogens (tertiary/aromatic N) is 2. The first kappa shape index (κ1) is 17.7. The van der Waals surface area contributed by atoms with Crippen molar-refractivity contribution in [2.24, 2.45) is 0 Å². The van der Waals surface area contributed by atoms with Gasteiger partial charge in [-0.25, -0.2) is 9.48 Å². The van der Waals surface area contributed by atoms with Crippen molar-refractivity contribution < 1.29 is 19.4 Å². The van der Waals surface area contributed by atoms with Crippen LogP contribution >= 0.6 is 0 Å². The first-order chi connectivity index (χ1) is 11.6. The maximum atomic E-state index is 11.9. The Morgan fingerprint density at radius 2 is 2.08 bits per heavy atom. The molecule has 2 rings (SSSR count). The van der Waals surface area contributed by atoms with E-state index in [1.807, 2.05) is 36.5 Å². The number of carbonyl (C=O) groups is 2. The zero-order valence-electron chi connectivity index (χ0n) is 13.5. The summed E-state index contributed by atoms with van der Waals surface area (Å²) in [6, 6.07) is 8.74. The maximum Gasteiger partial charge on any atom is 0.326 e. The van der Waals surface area contributed by atoms with Crippen molar-refractivity contribution in [3.05, 3.63) is 48.3 Å². The first-order valence-corrected chi connectivity index (χ1v) is 7.70. The summed E-state index contributed by atoms with van der Waals surface area (Å²) < 4.78 is 6.59. The molecule has 7 nitrogen and oxygen atoms in total. The second-order valence-electron chi connectivity index (χ2n) is 5.37. The lowest BCUT2D eigenvalue weighted by Crippen LogP contribution is -2.41. The highest BCUT2D eigenvalue weighted by atomic mass is 16.5. The second kappa shape index (κ2) is 8.83. The molecule has 1 aromatic carbocycles. The van der Waals surface area contributed by atoms with Crippen LogP contribution in [0.3, 0.4) is 0 Å². The number of amides is 1. The van der Waals surface area contributed by atoms with E-state index in [0.717, 1.165) is 11.3 Å². The Labute approximate surface area is 140 Å². The van der Waals surface area contributed by atoms with Gasteiger partial charge in [0, 0.05) is 32.8 Å². The van der Waals surface area contributed by atoms with E-state index >= 15 is 0 Å². The Morgan fingerprint density at radius 1 is 1.33 bits per heavy atom. The zero-order chi connectivity index (χ0) is 17.4. The minimum atomic E-state index is -1.06. The number of carboxylic acids is 1. The van der Waals surface area contributed by atoms with Crippen LogP contribution in [0, 0.1) is 0 Å². The molecule has 0 aliphatic heterocycles. The van der Waals surface area contributed by atoms with Gasteiger partial charge in [-0.3, -0.25) is 4.79 Å². The predicted molar refractivity (Wildman–Crippen MR) is 87.9 cm³/mol. The lowest BCUT2D eigenvalue weighted by molar-refractivity contribution is -0.142. The Hall–Kier alpha value is -2.67. The molecule has 2 aromatic rings. The van der Waals surface area contributed by atoms with Gasteiger partial charge in [-0.15, -0.1) is 0 Å². The molecule has 24 heavy (non-hydrogen) atoms. The van der Waals surface area contributed by atoms with Gasteiger partial charge in [0.1, 0.15) is 6.04 Å². The van der Waals surface area contributed by atoms with Crippen LogP contribution in [0.4, 0.5) is 0 Å². The van der Waals surface area contributed by atoms with E-state index in [1.165, 1.54) is 7.11 Å². The maximum absolute atomic E-state index is 11.9. The van der Waals surface area contributed by atoms with Gasteiger partial charge >= 0.3 is 5.97 Å². The molecule has 7 heteroatoms. The number of aromatic nitrogens is 2. The van der Waals surface area contributed by atoms with Gasteiger partial charge in [0.2, 0.25) is 5.91 Å². The number of ether oxygens (including phenoxy) is 1. The molecule has 0 bridgehead atoms. The second-order valence-corrected chi connectivity index (χ2v) is 5.37. The van der Waals surface area contributed by atoms with E-state index in [-0.39, 0.29) is 25.4 Å². The van der Waals surface area contributed by atoms with Crippen molar-refractivity contribution in [3.8, 4) is 5.69 Å². The molecule has 1 aromatic heterocycles. The Morgan fingerprint density at radius 3 is 2.75 bits per heavy atom. The number of rotatable bonds is 9. The van der Waals surface area contributed by atoms with Gasteiger partial charge in [-0.05, 0) is 24.1 Å². The molecule has 128 valence electrons. The van der Waals surface area contributed by atoms with Crippen molar-refractivity contribution in [2.45, 2.75) is 25.3 Å². The molecule has 0 radical (unpaired) electrons. The number of nitrogens with one attached hydrogen (secondary N) is 1. The molecule has 1 unspecified atom stereocenters. The Bertz CT molecular complexity index is 669. The third-order valence-electron chi connectivity index (χ3n) is 3.54. The molecule has 1 atom stereocenters. The molecule has 0 saturated heterocycles. The number of carbonyl (C=O) groups excluding carboxylic acids is 1. The summed E-state index contributed by atoms with van der Waals surface area (Å²) in [5.41, 5.74) is 1.86. The zero-order valence-corrected chi connectivity index (χ0v) is 13.5. The van der Waals surface area contributed by atoms with Crippen LogP contribution in [-0.2, 0) is 20.7 Å². The standard InChI is InChI=1S/C17H21N3O4/c1-24-10-9-15(17(22)23)19-16(21)8-7-13-11-18-20(12-13)14-5-3-2-4-6-14/h2-6,11-12,15H,7-10H2,1H3,(H,19,21)(H,22,23). The molecule has 2 N–H and O–H groups in total. The van der Waals surface area contributed by atoms with Crippen molar-refractivity contribution in [3.63, 3.8) is 0 Å². The average molecular weight is 331 g/mol. The van der Waals surface area contributed by atoms with Gasteiger partial charge in [0.25, 0.3) is 0 Å². The van der Waals surface area contributed by atoms with Gasteiger partial charge in [0.15, 0.2) is 0 Å². The van der Waals surface area contributed by atoms with Crippen LogP contribution in [0.1, 0.15) is 18.4 Å². The molecule has 0 fully saturated rings. The molecule has 1 heterocycles. The Kier molecular flexibility index (Phi) is 6.51.